The van der Waals surface area contributed by atoms with E-state index < -0.39 is 5.97 Å². The average Bonchev–Trinajstić information content (AvgIpc) is 3.39. The zero-order valence-corrected chi connectivity index (χ0v) is 13.9. The lowest BCUT2D eigenvalue weighted by molar-refractivity contribution is -0.384. The number of nitro groups is 1. The van der Waals surface area contributed by atoms with Crippen molar-refractivity contribution in [3.63, 3.8) is 0 Å². The number of morpholine rings is 1. The van der Waals surface area contributed by atoms with Crippen molar-refractivity contribution >= 4 is 17.3 Å². The molecule has 3 rings (SSSR count). The Morgan fingerprint density at radius 1 is 1.42 bits per heavy atom. The van der Waals surface area contributed by atoms with Crippen LogP contribution in [0.3, 0.4) is 0 Å². The van der Waals surface area contributed by atoms with E-state index in [4.69, 9.17) is 4.74 Å². The van der Waals surface area contributed by atoms with E-state index in [1.54, 1.807) is 12.1 Å². The van der Waals surface area contributed by atoms with Crippen molar-refractivity contribution in [2.24, 2.45) is 5.92 Å². The van der Waals surface area contributed by atoms with Crippen LogP contribution in [0.5, 0.6) is 0 Å². The molecule has 7 heteroatoms. The number of carbonyl (C=O) groups excluding carboxylic acids is 1. The molecule has 1 aromatic rings. The van der Waals surface area contributed by atoms with Crippen LogP contribution in [0.15, 0.2) is 18.2 Å². The molecule has 0 N–H and O–H groups in total. The molecule has 7 nitrogen and oxygen atoms in total. The molecule has 1 saturated carbocycles. The third-order valence-electron chi connectivity index (χ3n) is 4.59. The fourth-order valence-corrected chi connectivity index (χ4v) is 3.24. The Labute approximate surface area is 140 Å². The van der Waals surface area contributed by atoms with Gasteiger partial charge in [-0.15, -0.1) is 0 Å². The minimum Gasteiger partial charge on any atom is -0.469 e. The number of benzene rings is 1. The molecule has 0 aromatic heterocycles. The molecule has 0 radical (unpaired) electrons. The average molecular weight is 334 g/mol. The molecule has 130 valence electrons. The monoisotopic (exact) mass is 334 g/mol. The molecular formula is C17H22N2O5. The van der Waals surface area contributed by atoms with Crippen molar-refractivity contribution in [2.45, 2.75) is 38.4 Å². The van der Waals surface area contributed by atoms with Gasteiger partial charge in [-0.05, 0) is 37.3 Å². The molecule has 1 aliphatic carbocycles. The molecule has 1 heterocycles. The summed E-state index contributed by atoms with van der Waals surface area (Å²) in [5.74, 6) is 0.166. The number of carbonyl (C=O) groups is 1. The number of hydrogen-bond donors (Lipinski definition) is 0. The summed E-state index contributed by atoms with van der Waals surface area (Å²) in [5.41, 5.74) is 1.20. The fraction of sp³-hybridized carbons (Fsp3) is 0.588. The number of anilines is 1. The second-order valence-corrected chi connectivity index (χ2v) is 6.56. The Morgan fingerprint density at radius 2 is 2.17 bits per heavy atom. The van der Waals surface area contributed by atoms with Gasteiger partial charge in [0.1, 0.15) is 5.69 Å². The summed E-state index contributed by atoms with van der Waals surface area (Å²) in [5, 5.41) is 11.5. The summed E-state index contributed by atoms with van der Waals surface area (Å²) < 4.78 is 10.6. The van der Waals surface area contributed by atoms with Crippen molar-refractivity contribution in [3.05, 3.63) is 33.9 Å². The van der Waals surface area contributed by atoms with Crippen molar-refractivity contribution in [2.75, 3.05) is 25.1 Å². The van der Waals surface area contributed by atoms with Crippen molar-refractivity contribution in [3.8, 4) is 0 Å². The Bertz CT molecular complexity index is 644. The van der Waals surface area contributed by atoms with Crippen LogP contribution in [0.25, 0.3) is 0 Å². The van der Waals surface area contributed by atoms with Gasteiger partial charge in [-0.25, -0.2) is 0 Å². The molecular weight excluding hydrogens is 312 g/mol. The first-order valence-corrected chi connectivity index (χ1v) is 8.22. The van der Waals surface area contributed by atoms with Crippen LogP contribution in [-0.4, -0.2) is 43.3 Å². The van der Waals surface area contributed by atoms with Gasteiger partial charge in [0.25, 0.3) is 5.69 Å². The van der Waals surface area contributed by atoms with Gasteiger partial charge in [0.2, 0.25) is 0 Å². The highest BCUT2D eigenvalue weighted by Crippen LogP contribution is 2.39. The Hall–Kier alpha value is -2.15. The molecule has 2 atom stereocenters. The highest BCUT2D eigenvalue weighted by Gasteiger charge is 2.38. The predicted octanol–water partition coefficient (Wildman–Crippen LogP) is 2.31. The standard InChI is InChI=1S/C17H22N2O5/c1-11-9-18(10-16(24-11)13-4-5-13)14-6-3-12(8-17(20)23-2)7-15(14)19(21)22/h3,6-7,11,13,16H,4-5,8-10H2,1-2H3. The summed E-state index contributed by atoms with van der Waals surface area (Å²) in [7, 11) is 1.30. The first-order chi connectivity index (χ1) is 11.5. The Balaban J connectivity index is 1.85. The molecule has 1 aromatic carbocycles. The van der Waals surface area contributed by atoms with Crippen molar-refractivity contribution in [1.29, 1.82) is 0 Å². The summed E-state index contributed by atoms with van der Waals surface area (Å²) in [6, 6.07) is 4.96. The third-order valence-corrected chi connectivity index (χ3v) is 4.59. The Morgan fingerprint density at radius 3 is 2.79 bits per heavy atom. The zero-order valence-electron chi connectivity index (χ0n) is 13.9. The van der Waals surface area contributed by atoms with Gasteiger partial charge in [0.05, 0.1) is 30.7 Å². The van der Waals surface area contributed by atoms with Gasteiger partial charge in [-0.3, -0.25) is 14.9 Å². The number of methoxy groups -OCH3 is 1. The van der Waals surface area contributed by atoms with E-state index in [-0.39, 0.29) is 29.2 Å². The molecule has 2 unspecified atom stereocenters. The molecule has 24 heavy (non-hydrogen) atoms. The number of hydrogen-bond acceptors (Lipinski definition) is 6. The van der Waals surface area contributed by atoms with E-state index in [2.05, 4.69) is 4.74 Å². The van der Waals surface area contributed by atoms with Gasteiger partial charge < -0.3 is 14.4 Å². The van der Waals surface area contributed by atoms with Crippen LogP contribution >= 0.6 is 0 Å². The third kappa shape index (κ3) is 3.67. The zero-order chi connectivity index (χ0) is 17.3. The molecule has 0 spiro atoms. The second kappa shape index (κ2) is 6.76. The minimum atomic E-state index is -0.411. The molecule has 2 fully saturated rings. The SMILES string of the molecule is COC(=O)Cc1ccc(N2CC(C)OC(C3CC3)C2)c([N+](=O)[O-])c1. The van der Waals surface area contributed by atoms with Crippen LogP contribution in [0.2, 0.25) is 0 Å². The lowest BCUT2D eigenvalue weighted by Gasteiger charge is -2.38. The fourth-order valence-electron chi connectivity index (χ4n) is 3.24. The first-order valence-electron chi connectivity index (χ1n) is 8.22. The summed E-state index contributed by atoms with van der Waals surface area (Å²) in [6.45, 7) is 3.30. The van der Waals surface area contributed by atoms with E-state index in [9.17, 15) is 14.9 Å². The van der Waals surface area contributed by atoms with Crippen LogP contribution in [0.4, 0.5) is 11.4 Å². The Kier molecular flexibility index (Phi) is 4.71. The molecule has 0 bridgehead atoms. The quantitative estimate of drug-likeness (QED) is 0.467. The molecule has 1 aliphatic heterocycles. The number of rotatable bonds is 5. The maximum absolute atomic E-state index is 11.5. The van der Waals surface area contributed by atoms with Gasteiger partial charge in [-0.2, -0.15) is 0 Å². The highest BCUT2D eigenvalue weighted by atomic mass is 16.6. The number of ether oxygens (including phenoxy) is 2. The van der Waals surface area contributed by atoms with Crippen LogP contribution in [0.1, 0.15) is 25.3 Å². The van der Waals surface area contributed by atoms with Crippen LogP contribution < -0.4 is 4.90 Å². The van der Waals surface area contributed by atoms with Crippen LogP contribution in [-0.2, 0) is 20.7 Å². The van der Waals surface area contributed by atoms with Gasteiger partial charge in [0.15, 0.2) is 0 Å². The smallest absolute Gasteiger partial charge is 0.309 e. The largest absolute Gasteiger partial charge is 0.469 e. The number of nitro benzene ring substituents is 1. The van der Waals surface area contributed by atoms with E-state index in [1.807, 2.05) is 11.8 Å². The van der Waals surface area contributed by atoms with E-state index >= 15 is 0 Å². The van der Waals surface area contributed by atoms with E-state index in [0.29, 0.717) is 30.3 Å². The first kappa shape index (κ1) is 16.7. The summed E-state index contributed by atoms with van der Waals surface area (Å²) >= 11 is 0. The maximum Gasteiger partial charge on any atom is 0.309 e. The van der Waals surface area contributed by atoms with E-state index in [1.165, 1.54) is 26.0 Å². The topological polar surface area (TPSA) is 81.9 Å². The molecule has 1 saturated heterocycles. The van der Waals surface area contributed by atoms with Gasteiger partial charge in [-0.1, -0.05) is 6.07 Å². The second-order valence-electron chi connectivity index (χ2n) is 6.56. The lowest BCUT2D eigenvalue weighted by atomic mass is 10.1. The van der Waals surface area contributed by atoms with E-state index in [0.717, 1.165) is 0 Å². The van der Waals surface area contributed by atoms with Crippen LogP contribution in [0, 0.1) is 16.0 Å². The van der Waals surface area contributed by atoms with Crippen molar-refractivity contribution in [1.82, 2.24) is 0 Å². The van der Waals surface area contributed by atoms with Crippen molar-refractivity contribution < 1.29 is 19.2 Å². The lowest BCUT2D eigenvalue weighted by Crippen LogP contribution is -2.47. The summed E-state index contributed by atoms with van der Waals surface area (Å²) in [6.07, 6.45) is 2.56. The van der Waals surface area contributed by atoms with Gasteiger partial charge in [0, 0.05) is 19.2 Å². The minimum absolute atomic E-state index is 0.0278. The maximum atomic E-state index is 11.5. The number of nitrogens with zero attached hydrogens (tertiary/aromatic N) is 2. The predicted molar refractivity (Wildman–Crippen MR) is 88.1 cm³/mol. The van der Waals surface area contributed by atoms with Gasteiger partial charge >= 0.3 is 5.97 Å². The molecule has 0 amide bonds. The molecule has 2 aliphatic rings. The normalized spacial score (nSPS) is 23.8. The number of esters is 1. The summed E-state index contributed by atoms with van der Waals surface area (Å²) in [4.78, 5) is 24.6. The highest BCUT2D eigenvalue weighted by molar-refractivity contribution is 5.74.